The van der Waals surface area contributed by atoms with Crippen LogP contribution in [0.3, 0.4) is 0 Å². The molecule has 0 amide bonds. The van der Waals surface area contributed by atoms with Gasteiger partial charge in [0.15, 0.2) is 0 Å². The summed E-state index contributed by atoms with van der Waals surface area (Å²) in [6.45, 7) is 1.84. The minimum absolute atomic E-state index is 0.292. The van der Waals surface area contributed by atoms with Crippen LogP contribution in [0, 0.1) is 0 Å². The van der Waals surface area contributed by atoms with Crippen molar-refractivity contribution in [2.24, 2.45) is 0 Å². The zero-order chi connectivity index (χ0) is 12.0. The van der Waals surface area contributed by atoms with Gasteiger partial charge in [-0.25, -0.2) is 0 Å². The molecule has 0 aliphatic carbocycles. The minimum Gasteiger partial charge on any atom is -0.481 e. The van der Waals surface area contributed by atoms with Gasteiger partial charge in [-0.15, -0.1) is 0 Å². The lowest BCUT2D eigenvalue weighted by Crippen LogP contribution is -2.21. The smallest absolute Gasteiger partial charge is 0.481 e. The molecule has 0 aromatic heterocycles. The van der Waals surface area contributed by atoms with Crippen molar-refractivity contribution in [1.29, 1.82) is 0 Å². The molecular formula is C5H9F3O5S. The molecule has 5 nitrogen and oxygen atoms in total. The topological polar surface area (TPSA) is 91.7 Å². The van der Waals surface area contributed by atoms with Crippen LogP contribution in [0.25, 0.3) is 0 Å². The first kappa shape index (κ1) is 15.6. The van der Waals surface area contributed by atoms with Crippen molar-refractivity contribution in [2.75, 3.05) is 0 Å². The highest BCUT2D eigenvalue weighted by Crippen LogP contribution is 2.20. The number of carboxylic acid groups (broad SMARTS) is 1. The van der Waals surface area contributed by atoms with Crippen molar-refractivity contribution in [3.8, 4) is 0 Å². The Hall–Kier alpha value is -0.830. The Balaban J connectivity index is 0. The third-order valence-corrected chi connectivity index (χ3v) is 1.34. The monoisotopic (exact) mass is 238 g/mol. The van der Waals surface area contributed by atoms with Gasteiger partial charge in [-0.05, 0) is 6.42 Å². The van der Waals surface area contributed by atoms with E-state index < -0.39 is 21.6 Å². The molecule has 0 saturated heterocycles. The van der Waals surface area contributed by atoms with Crippen LogP contribution in [0.4, 0.5) is 13.2 Å². The van der Waals surface area contributed by atoms with Crippen molar-refractivity contribution >= 4 is 16.1 Å². The van der Waals surface area contributed by atoms with Gasteiger partial charge in [-0.2, -0.15) is 21.6 Å². The lowest BCUT2D eigenvalue weighted by molar-refractivity contribution is -0.137. The summed E-state index contributed by atoms with van der Waals surface area (Å²) in [6.07, 6.45) is 1.02. The summed E-state index contributed by atoms with van der Waals surface area (Å²) in [7, 11) is -5.84. The van der Waals surface area contributed by atoms with E-state index in [0.29, 0.717) is 6.42 Å². The molecule has 86 valence electrons. The molecule has 0 bridgehead atoms. The van der Waals surface area contributed by atoms with Crippen LogP contribution in [0.15, 0.2) is 0 Å². The maximum Gasteiger partial charge on any atom is 0.522 e. The van der Waals surface area contributed by atoms with Gasteiger partial charge in [0, 0.05) is 6.42 Å². The average Bonchev–Trinajstić information content (AvgIpc) is 1.82. The Kier molecular flexibility index (Phi) is 6.48. The molecule has 0 aliphatic heterocycles. The second kappa shape index (κ2) is 5.81. The zero-order valence-electron chi connectivity index (χ0n) is 7.08. The van der Waals surface area contributed by atoms with Crippen LogP contribution in [0.5, 0.6) is 0 Å². The molecule has 0 spiro atoms. The lowest BCUT2D eigenvalue weighted by atomic mass is 10.4. The van der Waals surface area contributed by atoms with Gasteiger partial charge < -0.3 is 5.11 Å². The van der Waals surface area contributed by atoms with Crippen LogP contribution in [-0.4, -0.2) is 29.6 Å². The fraction of sp³-hybridized carbons (Fsp3) is 0.800. The van der Waals surface area contributed by atoms with Crippen LogP contribution in [0.1, 0.15) is 19.8 Å². The van der Waals surface area contributed by atoms with E-state index in [1.54, 1.807) is 0 Å². The summed E-state index contributed by atoms with van der Waals surface area (Å²) in [5, 5.41) is 7.91. The molecule has 0 aliphatic rings. The van der Waals surface area contributed by atoms with E-state index in [4.69, 9.17) is 18.1 Å². The predicted octanol–water partition coefficient (Wildman–Crippen LogP) is 1.27. The number of carboxylic acids is 1. The molecule has 2 N–H and O–H groups in total. The van der Waals surface area contributed by atoms with E-state index in [1.165, 1.54) is 0 Å². The third-order valence-electron chi connectivity index (χ3n) is 0.756. The molecule has 0 saturated carbocycles. The van der Waals surface area contributed by atoms with Crippen LogP contribution >= 0.6 is 0 Å². The molecule has 14 heavy (non-hydrogen) atoms. The van der Waals surface area contributed by atoms with Gasteiger partial charge >= 0.3 is 21.6 Å². The highest BCUT2D eigenvalue weighted by Gasteiger charge is 2.44. The summed E-state index contributed by atoms with van der Waals surface area (Å²) in [5.41, 5.74) is -5.53. The molecule has 0 unspecified atom stereocenters. The summed E-state index contributed by atoms with van der Waals surface area (Å²) in [6, 6.07) is 0. The summed E-state index contributed by atoms with van der Waals surface area (Å²) in [4.78, 5) is 9.60. The molecule has 0 aromatic rings. The Labute approximate surface area is 78.3 Å². The van der Waals surface area contributed by atoms with Crippen molar-refractivity contribution < 1.29 is 36.0 Å². The fourth-order valence-corrected chi connectivity index (χ4v) is 0.214. The second-order valence-electron chi connectivity index (χ2n) is 2.06. The number of rotatable bonds is 2. The largest absolute Gasteiger partial charge is 0.522 e. The Morgan fingerprint density at radius 3 is 1.64 bits per heavy atom. The van der Waals surface area contributed by atoms with E-state index in [2.05, 4.69) is 0 Å². The van der Waals surface area contributed by atoms with Gasteiger partial charge in [0.1, 0.15) is 0 Å². The van der Waals surface area contributed by atoms with Crippen LogP contribution in [-0.2, 0) is 14.9 Å². The van der Waals surface area contributed by atoms with E-state index in [-0.39, 0.29) is 0 Å². The first-order valence-corrected chi connectivity index (χ1v) is 4.72. The number of hydrogen-bond donors (Lipinski definition) is 2. The van der Waals surface area contributed by atoms with Crippen molar-refractivity contribution in [1.82, 2.24) is 0 Å². The highest BCUT2D eigenvalue weighted by atomic mass is 32.2. The molecule has 0 heterocycles. The molecule has 9 heteroatoms. The van der Waals surface area contributed by atoms with Gasteiger partial charge in [-0.1, -0.05) is 6.92 Å². The quantitative estimate of drug-likeness (QED) is 0.558. The maximum atomic E-state index is 10.7. The van der Waals surface area contributed by atoms with Crippen molar-refractivity contribution in [3.05, 3.63) is 0 Å². The molecule has 0 aromatic carbocycles. The number of halogens is 3. The zero-order valence-corrected chi connectivity index (χ0v) is 7.89. The number of alkyl halides is 3. The molecule has 0 fully saturated rings. The number of carbonyl (C=O) groups is 1. The van der Waals surface area contributed by atoms with Gasteiger partial charge in [0.2, 0.25) is 0 Å². The van der Waals surface area contributed by atoms with Gasteiger partial charge in [0.05, 0.1) is 0 Å². The van der Waals surface area contributed by atoms with Crippen molar-refractivity contribution in [3.63, 3.8) is 0 Å². The highest BCUT2D eigenvalue weighted by molar-refractivity contribution is 7.86. The Morgan fingerprint density at radius 2 is 1.64 bits per heavy atom. The molecular weight excluding hydrogens is 229 g/mol. The normalized spacial score (nSPS) is 11.5. The summed E-state index contributed by atoms with van der Waals surface area (Å²) < 4.78 is 57.5. The van der Waals surface area contributed by atoms with Crippen LogP contribution in [0.2, 0.25) is 0 Å². The molecule has 0 rings (SSSR count). The first-order valence-electron chi connectivity index (χ1n) is 3.28. The Morgan fingerprint density at radius 1 is 1.36 bits per heavy atom. The van der Waals surface area contributed by atoms with Gasteiger partial charge in [0.25, 0.3) is 0 Å². The van der Waals surface area contributed by atoms with Crippen molar-refractivity contribution in [2.45, 2.75) is 25.3 Å². The van der Waals surface area contributed by atoms with E-state index in [1.807, 2.05) is 6.92 Å². The lowest BCUT2D eigenvalue weighted by Gasteiger charge is -1.97. The fourth-order valence-electron chi connectivity index (χ4n) is 0.214. The maximum absolute atomic E-state index is 10.7. The predicted molar refractivity (Wildman–Crippen MR) is 40.1 cm³/mol. The summed E-state index contributed by atoms with van der Waals surface area (Å²) >= 11 is 0. The molecule has 0 atom stereocenters. The standard InChI is InChI=1S/C4H8O2.CHF3O3S/c1-2-3-4(5)6;2-1(3,4)8(5,6)7/h2-3H2,1H3,(H,5,6);(H,5,6,7). The third kappa shape index (κ3) is 9.26. The SMILES string of the molecule is CCCC(=O)O.O=S(=O)(O)C(F)(F)F. The summed E-state index contributed by atoms with van der Waals surface area (Å²) in [5.74, 6) is -0.711. The van der Waals surface area contributed by atoms with E-state index in [0.717, 1.165) is 6.42 Å². The van der Waals surface area contributed by atoms with E-state index in [9.17, 15) is 18.0 Å². The van der Waals surface area contributed by atoms with Crippen LogP contribution < -0.4 is 0 Å². The number of aliphatic carboxylic acids is 1. The van der Waals surface area contributed by atoms with E-state index >= 15 is 0 Å². The average molecular weight is 238 g/mol. The Bertz CT molecular complexity index is 268. The second-order valence-corrected chi connectivity index (χ2v) is 3.48. The molecule has 0 radical (unpaired) electrons. The minimum atomic E-state index is -5.84. The number of hydrogen-bond acceptors (Lipinski definition) is 3. The first-order chi connectivity index (χ1) is 6.02. The van der Waals surface area contributed by atoms with Gasteiger partial charge in [-0.3, -0.25) is 9.35 Å².